The molecular weight excluding hydrogens is 424 g/mol. The summed E-state index contributed by atoms with van der Waals surface area (Å²) >= 11 is 0. The molecule has 0 aliphatic heterocycles. The topological polar surface area (TPSA) is 157 Å². The molecular formula is C23H28N6O4. The number of hydrogen-bond donors (Lipinski definition) is 3. The average Bonchev–Trinajstić information content (AvgIpc) is 3.31. The van der Waals surface area contributed by atoms with Gasteiger partial charge < -0.3 is 15.6 Å². The Hall–Kier alpha value is -3.82. The van der Waals surface area contributed by atoms with E-state index in [1.54, 1.807) is 36.5 Å². The van der Waals surface area contributed by atoms with Gasteiger partial charge in [-0.25, -0.2) is 4.98 Å². The van der Waals surface area contributed by atoms with Crippen molar-refractivity contribution >= 4 is 11.9 Å². The summed E-state index contributed by atoms with van der Waals surface area (Å²) in [7, 11) is 0. The molecule has 1 amide bonds. The fourth-order valence-electron chi connectivity index (χ4n) is 3.74. The minimum atomic E-state index is -0.842. The molecule has 0 bridgehead atoms. The number of aliphatic carboxylic acids is 1. The summed E-state index contributed by atoms with van der Waals surface area (Å²) in [6, 6.07) is 10.2. The molecule has 2 atom stereocenters. The number of carboxylic acids is 1. The summed E-state index contributed by atoms with van der Waals surface area (Å²) < 4.78 is 5.70. The molecule has 10 heteroatoms. The van der Waals surface area contributed by atoms with Gasteiger partial charge in [-0.2, -0.15) is 5.21 Å². The lowest BCUT2D eigenvalue weighted by atomic mass is 9.81. The second-order valence-corrected chi connectivity index (χ2v) is 8.34. The molecule has 174 valence electrons. The molecule has 2 unspecified atom stereocenters. The summed E-state index contributed by atoms with van der Waals surface area (Å²) in [6.07, 6.45) is 4.37. The average molecular weight is 453 g/mol. The van der Waals surface area contributed by atoms with Crippen LogP contribution in [0.15, 0.2) is 42.6 Å². The largest absolute Gasteiger partial charge is 0.481 e. The zero-order valence-electron chi connectivity index (χ0n) is 18.6. The number of rotatable bonds is 12. The molecule has 0 saturated carbocycles. The number of benzene rings is 1. The Bertz CT molecular complexity index is 1040. The fourth-order valence-corrected chi connectivity index (χ4v) is 3.74. The summed E-state index contributed by atoms with van der Waals surface area (Å²) in [5, 5.41) is 23.9. The van der Waals surface area contributed by atoms with Crippen LogP contribution in [-0.4, -0.2) is 42.6 Å². The van der Waals surface area contributed by atoms with Crippen LogP contribution in [0.25, 0.3) is 0 Å². The smallest absolute Gasteiger partial charge is 0.307 e. The minimum Gasteiger partial charge on any atom is -0.481 e. The number of aromatic amines is 1. The summed E-state index contributed by atoms with van der Waals surface area (Å²) in [4.78, 5) is 27.4. The molecule has 10 nitrogen and oxygen atoms in total. The SMILES string of the molecule is CC(C)CC(C(=O)O)C(CCCc1ccc(Oc2ccc(C(N)=O)cc2)nc1)c1nn[nH]n1. The third-order valence-electron chi connectivity index (χ3n) is 5.36. The van der Waals surface area contributed by atoms with E-state index in [-0.39, 0.29) is 11.8 Å². The lowest BCUT2D eigenvalue weighted by Gasteiger charge is -2.22. The fraction of sp³-hybridized carbons (Fsp3) is 0.391. The standard InChI is InChI=1S/C23H28N6O4/c1-14(2)12-19(23(31)32)18(22-26-28-29-27-22)5-3-4-15-6-11-20(25-13-15)33-17-9-7-16(8-10-17)21(24)30/h6-11,13-14,18-19H,3-5,12H2,1-2H3,(H2,24,30)(H,31,32)(H,26,27,28,29). The van der Waals surface area contributed by atoms with Crippen molar-refractivity contribution in [2.45, 2.75) is 45.4 Å². The van der Waals surface area contributed by atoms with Crippen molar-refractivity contribution < 1.29 is 19.4 Å². The molecule has 0 radical (unpaired) electrons. The number of hydrogen-bond acceptors (Lipinski definition) is 7. The Balaban J connectivity index is 1.59. The molecule has 0 aliphatic rings. The van der Waals surface area contributed by atoms with Gasteiger partial charge in [-0.15, -0.1) is 10.2 Å². The van der Waals surface area contributed by atoms with Gasteiger partial charge in [0.15, 0.2) is 5.82 Å². The van der Waals surface area contributed by atoms with Crippen LogP contribution in [0, 0.1) is 11.8 Å². The monoisotopic (exact) mass is 452 g/mol. The summed E-state index contributed by atoms with van der Waals surface area (Å²) in [5.74, 6) is -0.572. The van der Waals surface area contributed by atoms with Crippen molar-refractivity contribution in [3.63, 3.8) is 0 Å². The van der Waals surface area contributed by atoms with Crippen molar-refractivity contribution in [2.24, 2.45) is 17.6 Å². The number of amides is 1. The first kappa shape index (κ1) is 23.8. The Morgan fingerprint density at radius 2 is 1.91 bits per heavy atom. The van der Waals surface area contributed by atoms with E-state index in [2.05, 4.69) is 25.6 Å². The molecule has 0 aliphatic carbocycles. The van der Waals surface area contributed by atoms with Crippen LogP contribution in [0.1, 0.15) is 60.8 Å². The Labute approximate surface area is 191 Å². The number of carboxylic acid groups (broad SMARTS) is 1. The van der Waals surface area contributed by atoms with Gasteiger partial charge in [0.1, 0.15) is 5.75 Å². The van der Waals surface area contributed by atoms with E-state index in [0.717, 1.165) is 18.4 Å². The number of pyridine rings is 1. The zero-order chi connectivity index (χ0) is 23.8. The van der Waals surface area contributed by atoms with Gasteiger partial charge in [0.25, 0.3) is 0 Å². The predicted molar refractivity (Wildman–Crippen MR) is 120 cm³/mol. The van der Waals surface area contributed by atoms with Gasteiger partial charge in [0.2, 0.25) is 11.8 Å². The maximum atomic E-state index is 11.9. The lowest BCUT2D eigenvalue weighted by molar-refractivity contribution is -0.143. The number of ether oxygens (including phenoxy) is 1. The molecule has 1 aromatic carbocycles. The number of primary amides is 1. The first-order valence-electron chi connectivity index (χ1n) is 10.8. The van der Waals surface area contributed by atoms with Crippen LogP contribution in [0.3, 0.4) is 0 Å². The highest BCUT2D eigenvalue weighted by molar-refractivity contribution is 5.92. The first-order chi connectivity index (χ1) is 15.8. The van der Waals surface area contributed by atoms with Crippen LogP contribution < -0.4 is 10.5 Å². The van der Waals surface area contributed by atoms with E-state index >= 15 is 0 Å². The van der Waals surface area contributed by atoms with Crippen molar-refractivity contribution in [3.8, 4) is 11.6 Å². The number of nitrogens with one attached hydrogen (secondary N) is 1. The first-order valence-corrected chi connectivity index (χ1v) is 10.8. The van der Waals surface area contributed by atoms with Crippen molar-refractivity contribution in [3.05, 3.63) is 59.5 Å². The third-order valence-corrected chi connectivity index (χ3v) is 5.36. The highest BCUT2D eigenvalue weighted by atomic mass is 16.5. The van der Waals surface area contributed by atoms with E-state index < -0.39 is 17.8 Å². The Morgan fingerprint density at radius 1 is 1.15 bits per heavy atom. The van der Waals surface area contributed by atoms with E-state index in [0.29, 0.717) is 35.9 Å². The van der Waals surface area contributed by atoms with E-state index in [4.69, 9.17) is 10.5 Å². The summed E-state index contributed by atoms with van der Waals surface area (Å²) in [6.45, 7) is 4.01. The lowest BCUT2D eigenvalue weighted by Crippen LogP contribution is -2.25. The molecule has 4 N–H and O–H groups in total. The summed E-state index contributed by atoms with van der Waals surface area (Å²) in [5.41, 5.74) is 6.65. The van der Waals surface area contributed by atoms with Gasteiger partial charge >= 0.3 is 5.97 Å². The molecule has 3 aromatic rings. The number of carbonyl (C=O) groups excluding carboxylic acids is 1. The molecule has 0 saturated heterocycles. The number of carbonyl (C=O) groups is 2. The second kappa shape index (κ2) is 11.2. The van der Waals surface area contributed by atoms with Crippen LogP contribution >= 0.6 is 0 Å². The normalized spacial score (nSPS) is 12.9. The number of aryl methyl sites for hydroxylation is 1. The van der Waals surface area contributed by atoms with E-state index in [9.17, 15) is 14.7 Å². The minimum absolute atomic E-state index is 0.240. The van der Waals surface area contributed by atoms with Crippen molar-refractivity contribution in [2.75, 3.05) is 0 Å². The van der Waals surface area contributed by atoms with Crippen molar-refractivity contribution in [1.29, 1.82) is 0 Å². The molecule has 0 fully saturated rings. The number of nitrogens with two attached hydrogens (primary N) is 1. The maximum Gasteiger partial charge on any atom is 0.307 e. The van der Waals surface area contributed by atoms with Crippen LogP contribution in [0.5, 0.6) is 11.6 Å². The van der Waals surface area contributed by atoms with Gasteiger partial charge in [-0.3, -0.25) is 9.59 Å². The second-order valence-electron chi connectivity index (χ2n) is 8.34. The van der Waals surface area contributed by atoms with Gasteiger partial charge in [-0.1, -0.05) is 25.1 Å². The Kier molecular flexibility index (Phi) is 8.06. The predicted octanol–water partition coefficient (Wildman–Crippen LogP) is 3.34. The number of H-pyrrole nitrogens is 1. The highest BCUT2D eigenvalue weighted by Gasteiger charge is 2.32. The zero-order valence-corrected chi connectivity index (χ0v) is 18.6. The van der Waals surface area contributed by atoms with E-state index in [1.807, 2.05) is 19.9 Å². The highest BCUT2D eigenvalue weighted by Crippen LogP contribution is 2.32. The number of nitrogens with zero attached hydrogens (tertiary/aromatic N) is 4. The van der Waals surface area contributed by atoms with Crippen molar-refractivity contribution in [1.82, 2.24) is 25.6 Å². The molecule has 3 rings (SSSR count). The molecule has 2 heterocycles. The Morgan fingerprint density at radius 3 is 2.45 bits per heavy atom. The third kappa shape index (κ3) is 6.83. The molecule has 2 aromatic heterocycles. The quantitative estimate of drug-likeness (QED) is 0.377. The number of aromatic nitrogens is 5. The molecule has 0 spiro atoms. The van der Waals surface area contributed by atoms with E-state index in [1.165, 1.54) is 0 Å². The molecule has 33 heavy (non-hydrogen) atoms. The number of tetrazole rings is 1. The van der Waals surface area contributed by atoms with Crippen LogP contribution in [0.2, 0.25) is 0 Å². The van der Waals surface area contributed by atoms with Crippen LogP contribution in [0.4, 0.5) is 0 Å². The van der Waals surface area contributed by atoms with Gasteiger partial charge in [0, 0.05) is 23.7 Å². The maximum absolute atomic E-state index is 11.9. The van der Waals surface area contributed by atoms with Gasteiger partial charge in [0.05, 0.1) is 5.92 Å². The van der Waals surface area contributed by atoms with Crippen LogP contribution in [-0.2, 0) is 11.2 Å². The van der Waals surface area contributed by atoms with Gasteiger partial charge in [-0.05, 0) is 61.4 Å².